The molecule has 0 unspecified atom stereocenters. The summed E-state index contributed by atoms with van der Waals surface area (Å²) in [5, 5.41) is 22.5. The molecule has 2 N–H and O–H groups in total. The van der Waals surface area contributed by atoms with Gasteiger partial charge in [0.2, 0.25) is 0 Å². The van der Waals surface area contributed by atoms with E-state index in [1.54, 1.807) is 18.2 Å². The molecule has 0 aliphatic carbocycles. The summed E-state index contributed by atoms with van der Waals surface area (Å²) in [5.74, 6) is 0.359. The van der Waals surface area contributed by atoms with Gasteiger partial charge < -0.3 is 19.8 Å². The third kappa shape index (κ3) is 4.51. The van der Waals surface area contributed by atoms with Gasteiger partial charge >= 0.3 is 6.01 Å². The van der Waals surface area contributed by atoms with E-state index in [9.17, 15) is 10.2 Å². The van der Waals surface area contributed by atoms with Crippen molar-refractivity contribution in [2.24, 2.45) is 0 Å². The number of rotatable bonds is 7. The number of aromatic hydroxyl groups is 1. The number of nitrogens with zero attached hydrogens (tertiary/aromatic N) is 5. The first-order chi connectivity index (χ1) is 21.0. The van der Waals surface area contributed by atoms with E-state index in [4.69, 9.17) is 14.7 Å². The Hall–Kier alpha value is -3.53. The standard InChI is InChI=1S/C34H38FN5O3/c35-30-27(29-18-25(42)17-22-5-1-2-6-26(22)29)9-10-28-31(30)36-33(43-21-34-11-3-13-39(34)14-4-12-34)37-32(28)38-19-23-7-8-24(20-38)40(23)15-16-41/h1-2,5-6,9-10,17-18,23-24,41-42H,3-4,7-8,11-16,19-21H2/t23-,24+. The molecule has 4 saturated heterocycles. The quantitative estimate of drug-likeness (QED) is 0.316. The second kappa shape index (κ2) is 10.6. The highest BCUT2D eigenvalue weighted by molar-refractivity contribution is 6.01. The van der Waals surface area contributed by atoms with Crippen LogP contribution in [-0.4, -0.2) is 93.5 Å². The molecule has 4 aliphatic heterocycles. The molecule has 5 heterocycles. The van der Waals surface area contributed by atoms with Crippen molar-refractivity contribution >= 4 is 27.5 Å². The van der Waals surface area contributed by atoms with Gasteiger partial charge in [-0.1, -0.05) is 30.3 Å². The van der Waals surface area contributed by atoms with E-state index in [1.165, 1.54) is 12.8 Å². The van der Waals surface area contributed by atoms with Gasteiger partial charge in [-0.05, 0) is 86.1 Å². The third-order valence-electron chi connectivity index (χ3n) is 10.5. The van der Waals surface area contributed by atoms with Crippen LogP contribution in [0.4, 0.5) is 10.2 Å². The van der Waals surface area contributed by atoms with Gasteiger partial charge in [0, 0.05) is 42.7 Å². The zero-order valence-corrected chi connectivity index (χ0v) is 24.4. The minimum absolute atomic E-state index is 0.0222. The number of ether oxygens (including phenoxy) is 1. The number of benzene rings is 3. The fourth-order valence-electron chi connectivity index (χ4n) is 8.46. The van der Waals surface area contributed by atoms with Crippen molar-refractivity contribution in [3.05, 3.63) is 54.3 Å². The minimum Gasteiger partial charge on any atom is -0.508 e. The molecule has 0 amide bonds. The lowest BCUT2D eigenvalue weighted by atomic mass is 9.95. The minimum atomic E-state index is -0.440. The maximum Gasteiger partial charge on any atom is 0.319 e. The van der Waals surface area contributed by atoms with Crippen LogP contribution in [0.1, 0.15) is 38.5 Å². The van der Waals surface area contributed by atoms with Crippen molar-refractivity contribution < 1.29 is 19.3 Å². The molecular weight excluding hydrogens is 545 g/mol. The zero-order valence-electron chi connectivity index (χ0n) is 24.4. The van der Waals surface area contributed by atoms with Crippen molar-refractivity contribution in [3.8, 4) is 22.9 Å². The van der Waals surface area contributed by atoms with Crippen molar-refractivity contribution in [3.63, 3.8) is 0 Å². The average molecular weight is 584 g/mol. The number of phenolic OH excluding ortho intramolecular Hbond substituents is 1. The highest BCUT2D eigenvalue weighted by Gasteiger charge is 2.45. The van der Waals surface area contributed by atoms with Gasteiger partial charge in [-0.3, -0.25) is 9.80 Å². The lowest BCUT2D eigenvalue weighted by Gasteiger charge is -2.41. The molecule has 43 heavy (non-hydrogen) atoms. The number of phenols is 1. The van der Waals surface area contributed by atoms with Crippen LogP contribution in [-0.2, 0) is 0 Å². The second-order valence-electron chi connectivity index (χ2n) is 12.8. The summed E-state index contributed by atoms with van der Waals surface area (Å²) >= 11 is 0. The Morgan fingerprint density at radius 3 is 2.47 bits per heavy atom. The topological polar surface area (TPSA) is 85.2 Å². The highest BCUT2D eigenvalue weighted by atomic mass is 19.1. The summed E-state index contributed by atoms with van der Waals surface area (Å²) in [7, 11) is 0. The largest absolute Gasteiger partial charge is 0.508 e. The monoisotopic (exact) mass is 583 g/mol. The average Bonchev–Trinajstić information content (AvgIpc) is 3.66. The van der Waals surface area contributed by atoms with E-state index in [2.05, 4.69) is 14.7 Å². The van der Waals surface area contributed by atoms with E-state index in [0.29, 0.717) is 47.6 Å². The van der Waals surface area contributed by atoms with E-state index < -0.39 is 5.82 Å². The Morgan fingerprint density at radius 1 is 0.930 bits per heavy atom. The molecule has 8 rings (SSSR count). The van der Waals surface area contributed by atoms with E-state index >= 15 is 4.39 Å². The number of aliphatic hydroxyl groups is 1. The first-order valence-electron chi connectivity index (χ1n) is 15.7. The second-order valence-corrected chi connectivity index (χ2v) is 12.8. The number of hydrogen-bond acceptors (Lipinski definition) is 8. The first-order valence-corrected chi connectivity index (χ1v) is 15.7. The van der Waals surface area contributed by atoms with Crippen LogP contribution in [0.25, 0.3) is 32.8 Å². The summed E-state index contributed by atoms with van der Waals surface area (Å²) in [5.41, 5.74) is 1.27. The van der Waals surface area contributed by atoms with Gasteiger partial charge in [0.05, 0.1) is 12.1 Å². The Bertz CT molecular complexity index is 1670. The van der Waals surface area contributed by atoms with Crippen molar-refractivity contribution in [1.82, 2.24) is 19.8 Å². The van der Waals surface area contributed by atoms with Gasteiger partial charge in [-0.2, -0.15) is 9.97 Å². The summed E-state index contributed by atoms with van der Waals surface area (Å²) in [6.07, 6.45) is 6.71. The Labute approximate surface area is 250 Å². The lowest BCUT2D eigenvalue weighted by molar-refractivity contribution is 0.107. The number of aromatic nitrogens is 2. The summed E-state index contributed by atoms with van der Waals surface area (Å²) < 4.78 is 23.1. The van der Waals surface area contributed by atoms with Crippen LogP contribution in [0.5, 0.6) is 11.8 Å². The normalized spacial score (nSPS) is 23.4. The molecule has 2 atom stereocenters. The van der Waals surface area contributed by atoms with Gasteiger partial charge in [0.1, 0.15) is 23.7 Å². The molecule has 8 nitrogen and oxygen atoms in total. The molecule has 4 aliphatic rings. The van der Waals surface area contributed by atoms with E-state index in [1.807, 2.05) is 30.3 Å². The molecule has 4 aromatic rings. The van der Waals surface area contributed by atoms with Crippen LogP contribution >= 0.6 is 0 Å². The predicted molar refractivity (Wildman–Crippen MR) is 165 cm³/mol. The molecule has 0 radical (unpaired) electrons. The number of halogens is 1. The van der Waals surface area contributed by atoms with Crippen molar-refractivity contribution in [1.29, 1.82) is 0 Å². The fraction of sp³-hybridized carbons (Fsp3) is 0.471. The van der Waals surface area contributed by atoms with Crippen molar-refractivity contribution in [2.75, 3.05) is 50.8 Å². The van der Waals surface area contributed by atoms with Crippen LogP contribution < -0.4 is 9.64 Å². The molecule has 0 saturated carbocycles. The molecule has 4 fully saturated rings. The van der Waals surface area contributed by atoms with Crippen LogP contribution in [0.2, 0.25) is 0 Å². The fourth-order valence-corrected chi connectivity index (χ4v) is 8.46. The van der Waals surface area contributed by atoms with E-state index in [-0.39, 0.29) is 29.4 Å². The maximum atomic E-state index is 16.7. The van der Waals surface area contributed by atoms with Crippen LogP contribution in [0.3, 0.4) is 0 Å². The number of piperazine rings is 1. The molecular formula is C34H38FN5O3. The number of anilines is 1. The predicted octanol–water partition coefficient (Wildman–Crippen LogP) is 4.95. The Kier molecular flexibility index (Phi) is 6.65. The maximum absolute atomic E-state index is 16.7. The van der Waals surface area contributed by atoms with E-state index in [0.717, 1.165) is 62.6 Å². The summed E-state index contributed by atoms with van der Waals surface area (Å²) in [4.78, 5) is 16.9. The first kappa shape index (κ1) is 27.0. The number of fused-ring (bicyclic) bond motifs is 5. The zero-order chi connectivity index (χ0) is 29.1. The SMILES string of the molecule is OCCN1[C@@H]2CC[C@H]1CN(c1nc(OCC34CCCN3CCC4)nc3c(F)c(-c4cc(O)cc5ccccc45)ccc13)C2. The molecule has 0 spiro atoms. The molecule has 9 heteroatoms. The smallest absolute Gasteiger partial charge is 0.319 e. The number of hydrogen-bond donors (Lipinski definition) is 2. The lowest BCUT2D eigenvalue weighted by Crippen LogP contribution is -2.54. The van der Waals surface area contributed by atoms with Crippen LogP contribution in [0, 0.1) is 5.82 Å². The van der Waals surface area contributed by atoms with Gasteiger partial charge in [-0.15, -0.1) is 0 Å². The Morgan fingerprint density at radius 2 is 1.70 bits per heavy atom. The van der Waals surface area contributed by atoms with Gasteiger partial charge in [0.25, 0.3) is 0 Å². The van der Waals surface area contributed by atoms with Gasteiger partial charge in [0.15, 0.2) is 5.82 Å². The summed E-state index contributed by atoms with van der Waals surface area (Å²) in [6.45, 7) is 5.06. The third-order valence-corrected chi connectivity index (χ3v) is 10.5. The Balaban J connectivity index is 1.23. The molecule has 2 bridgehead atoms. The van der Waals surface area contributed by atoms with Crippen molar-refractivity contribution in [2.45, 2.75) is 56.1 Å². The summed E-state index contributed by atoms with van der Waals surface area (Å²) in [6, 6.07) is 15.6. The molecule has 1 aromatic heterocycles. The number of aliphatic hydroxyl groups excluding tert-OH is 1. The molecule has 224 valence electrons. The van der Waals surface area contributed by atoms with Crippen LogP contribution in [0.15, 0.2) is 48.5 Å². The highest BCUT2D eigenvalue weighted by Crippen LogP contribution is 2.42. The van der Waals surface area contributed by atoms with Gasteiger partial charge in [-0.25, -0.2) is 4.39 Å². The molecule has 3 aromatic carbocycles.